The minimum absolute atomic E-state index is 0. The highest BCUT2D eigenvalue weighted by Crippen LogP contribution is 1.92. The van der Waals surface area contributed by atoms with E-state index in [9.17, 15) is 5.11 Å². The van der Waals surface area contributed by atoms with Crippen LogP contribution in [0.4, 0.5) is 0 Å². The Labute approximate surface area is 95.3 Å². The van der Waals surface area contributed by atoms with Crippen molar-refractivity contribution in [1.29, 1.82) is 0 Å². The molecular weight excluding hydrogens is 246 g/mol. The number of nitrogens with zero attached hydrogens (tertiary/aromatic N) is 3. The molecule has 82 valence electrons. The predicted molar refractivity (Wildman–Crippen MR) is 49.0 cm³/mol. The molecule has 0 saturated carbocycles. The summed E-state index contributed by atoms with van der Waals surface area (Å²) in [5, 5.41) is 13.5. The summed E-state index contributed by atoms with van der Waals surface area (Å²) in [6, 6.07) is 0. The SMILES string of the molecule is CCC[n+]1cnn(C[C@@H](O)CC)c1.[Br-]. The maximum absolute atomic E-state index is 9.38. The lowest BCUT2D eigenvalue weighted by molar-refractivity contribution is -0.697. The predicted octanol–water partition coefficient (Wildman–Crippen LogP) is -2.64. The number of halogens is 1. The number of rotatable bonds is 5. The Kier molecular flexibility index (Phi) is 6.74. The normalized spacial score (nSPS) is 12.2. The molecule has 0 aliphatic heterocycles. The zero-order valence-corrected chi connectivity index (χ0v) is 10.3. The van der Waals surface area contributed by atoms with Crippen LogP contribution >= 0.6 is 0 Å². The number of hydrogen-bond donors (Lipinski definition) is 1. The van der Waals surface area contributed by atoms with Crippen molar-refractivity contribution in [3.05, 3.63) is 12.7 Å². The minimum atomic E-state index is -0.282. The average Bonchev–Trinajstić information content (AvgIpc) is 2.53. The molecule has 1 heterocycles. The van der Waals surface area contributed by atoms with E-state index in [4.69, 9.17) is 0 Å². The van der Waals surface area contributed by atoms with Crippen LogP contribution in [0.15, 0.2) is 12.7 Å². The van der Waals surface area contributed by atoms with Gasteiger partial charge < -0.3 is 22.1 Å². The van der Waals surface area contributed by atoms with Crippen LogP contribution in [0.2, 0.25) is 0 Å². The van der Waals surface area contributed by atoms with Gasteiger partial charge in [0.25, 0.3) is 6.33 Å². The van der Waals surface area contributed by atoms with Gasteiger partial charge in [-0.25, -0.2) is 4.57 Å². The van der Waals surface area contributed by atoms with Crippen LogP contribution in [-0.4, -0.2) is 21.0 Å². The molecule has 1 aromatic heterocycles. The second-order valence-corrected chi connectivity index (χ2v) is 3.27. The number of aromatic nitrogens is 3. The van der Waals surface area contributed by atoms with Gasteiger partial charge in [-0.2, -0.15) is 0 Å². The van der Waals surface area contributed by atoms with Gasteiger partial charge >= 0.3 is 0 Å². The minimum Gasteiger partial charge on any atom is -1.00 e. The third-order valence-electron chi connectivity index (χ3n) is 1.98. The highest BCUT2D eigenvalue weighted by Gasteiger charge is 2.09. The third-order valence-corrected chi connectivity index (χ3v) is 1.98. The molecule has 14 heavy (non-hydrogen) atoms. The molecule has 0 amide bonds. The molecule has 0 aliphatic carbocycles. The van der Waals surface area contributed by atoms with Crippen molar-refractivity contribution in [1.82, 2.24) is 9.78 Å². The van der Waals surface area contributed by atoms with Gasteiger partial charge in [-0.05, 0) is 12.8 Å². The quantitative estimate of drug-likeness (QED) is 0.591. The fourth-order valence-electron chi connectivity index (χ4n) is 1.18. The lowest BCUT2D eigenvalue weighted by Gasteiger charge is -2.00. The maximum Gasteiger partial charge on any atom is 0.265 e. The van der Waals surface area contributed by atoms with E-state index < -0.39 is 0 Å². The van der Waals surface area contributed by atoms with Crippen molar-refractivity contribution in [2.24, 2.45) is 0 Å². The molecule has 0 unspecified atom stereocenters. The number of aliphatic hydroxyl groups is 1. The third kappa shape index (κ3) is 4.19. The van der Waals surface area contributed by atoms with E-state index in [1.165, 1.54) is 0 Å². The van der Waals surface area contributed by atoms with Crippen molar-refractivity contribution in [2.75, 3.05) is 0 Å². The number of aliphatic hydroxyl groups excluding tert-OH is 1. The molecule has 1 rings (SSSR count). The molecule has 1 N–H and O–H groups in total. The fraction of sp³-hybridized carbons (Fsp3) is 0.778. The van der Waals surface area contributed by atoms with Crippen LogP contribution < -0.4 is 21.5 Å². The van der Waals surface area contributed by atoms with Gasteiger partial charge in [-0.15, -0.1) is 4.68 Å². The molecule has 0 radical (unpaired) electrons. The molecular formula is C9H18BrN3O. The smallest absolute Gasteiger partial charge is 0.265 e. The monoisotopic (exact) mass is 263 g/mol. The van der Waals surface area contributed by atoms with Gasteiger partial charge in [0.15, 0.2) is 0 Å². The lowest BCUT2D eigenvalue weighted by Crippen LogP contribution is -3.00. The maximum atomic E-state index is 9.38. The average molecular weight is 264 g/mol. The summed E-state index contributed by atoms with van der Waals surface area (Å²) in [5.41, 5.74) is 0. The first-order chi connectivity index (χ1) is 6.26. The molecule has 5 heteroatoms. The van der Waals surface area contributed by atoms with Crippen LogP contribution in [0.5, 0.6) is 0 Å². The summed E-state index contributed by atoms with van der Waals surface area (Å²) in [5.74, 6) is 0. The Morgan fingerprint density at radius 1 is 1.50 bits per heavy atom. The fourth-order valence-corrected chi connectivity index (χ4v) is 1.18. The molecule has 1 atom stereocenters. The van der Waals surface area contributed by atoms with Crippen molar-refractivity contribution in [3.63, 3.8) is 0 Å². The van der Waals surface area contributed by atoms with Crippen molar-refractivity contribution in [2.45, 2.75) is 45.9 Å². The first-order valence-electron chi connectivity index (χ1n) is 4.85. The summed E-state index contributed by atoms with van der Waals surface area (Å²) in [6.07, 6.45) is 5.32. The van der Waals surface area contributed by atoms with E-state index in [1.807, 2.05) is 17.8 Å². The van der Waals surface area contributed by atoms with E-state index in [1.54, 1.807) is 11.0 Å². The summed E-state index contributed by atoms with van der Waals surface area (Å²) in [6.45, 7) is 5.68. The van der Waals surface area contributed by atoms with E-state index in [-0.39, 0.29) is 23.1 Å². The zero-order valence-electron chi connectivity index (χ0n) is 8.73. The molecule has 0 aromatic carbocycles. The van der Waals surface area contributed by atoms with Crippen LogP contribution in [-0.2, 0) is 13.1 Å². The van der Waals surface area contributed by atoms with Crippen molar-refractivity contribution >= 4 is 0 Å². The van der Waals surface area contributed by atoms with Gasteiger partial charge in [-0.3, -0.25) is 0 Å². The van der Waals surface area contributed by atoms with Gasteiger partial charge in [0.1, 0.15) is 6.54 Å². The Bertz CT molecular complexity index is 252. The molecule has 0 saturated heterocycles. The Morgan fingerprint density at radius 2 is 2.21 bits per heavy atom. The summed E-state index contributed by atoms with van der Waals surface area (Å²) < 4.78 is 3.81. The van der Waals surface area contributed by atoms with Gasteiger partial charge in [0.2, 0.25) is 6.33 Å². The van der Waals surface area contributed by atoms with Gasteiger partial charge in [-0.1, -0.05) is 13.8 Å². The summed E-state index contributed by atoms with van der Waals surface area (Å²) in [7, 11) is 0. The lowest BCUT2D eigenvalue weighted by atomic mass is 10.3. The summed E-state index contributed by atoms with van der Waals surface area (Å²) >= 11 is 0. The highest BCUT2D eigenvalue weighted by atomic mass is 79.9. The van der Waals surface area contributed by atoms with Crippen LogP contribution in [0.25, 0.3) is 0 Å². The first-order valence-corrected chi connectivity index (χ1v) is 4.85. The molecule has 0 aliphatic rings. The van der Waals surface area contributed by atoms with Crippen LogP contribution in [0, 0.1) is 0 Å². The second kappa shape index (κ2) is 6.95. The largest absolute Gasteiger partial charge is 1.00 e. The molecule has 4 nitrogen and oxygen atoms in total. The van der Waals surface area contributed by atoms with Crippen LogP contribution in [0.1, 0.15) is 26.7 Å². The molecule has 0 bridgehead atoms. The molecule has 0 spiro atoms. The number of hydrogen-bond acceptors (Lipinski definition) is 2. The van der Waals surface area contributed by atoms with E-state index in [0.29, 0.717) is 6.54 Å². The Morgan fingerprint density at radius 3 is 2.79 bits per heavy atom. The van der Waals surface area contributed by atoms with E-state index >= 15 is 0 Å². The van der Waals surface area contributed by atoms with Crippen LogP contribution in [0.3, 0.4) is 0 Å². The topological polar surface area (TPSA) is 41.9 Å². The van der Waals surface area contributed by atoms with Gasteiger partial charge in [0, 0.05) is 5.10 Å². The Hall–Kier alpha value is -0.420. The second-order valence-electron chi connectivity index (χ2n) is 3.27. The van der Waals surface area contributed by atoms with E-state index in [0.717, 1.165) is 19.4 Å². The zero-order chi connectivity index (χ0) is 9.68. The number of aryl methyl sites for hydroxylation is 1. The highest BCUT2D eigenvalue weighted by molar-refractivity contribution is 4.54. The van der Waals surface area contributed by atoms with Gasteiger partial charge in [0.05, 0.1) is 12.6 Å². The molecule has 0 fully saturated rings. The summed E-state index contributed by atoms with van der Waals surface area (Å²) in [4.78, 5) is 0. The Balaban J connectivity index is 0.00000169. The van der Waals surface area contributed by atoms with Crippen molar-refractivity contribution in [3.8, 4) is 0 Å². The standard InChI is InChI=1S/C9H18N3O.BrH/c1-3-5-11-7-10-12(8-11)6-9(13)4-2;/h7-9,13H,3-6H2,1-2H3;1H/q+1;/p-1/t9-;/m0./s1. The van der Waals surface area contributed by atoms with E-state index in [2.05, 4.69) is 12.0 Å². The van der Waals surface area contributed by atoms with Crippen molar-refractivity contribution < 1.29 is 26.7 Å². The molecule has 1 aromatic rings. The first kappa shape index (κ1) is 13.6.